The third-order valence-electron chi connectivity index (χ3n) is 2.90. The molecule has 0 radical (unpaired) electrons. The molecule has 1 heterocycles. The zero-order chi connectivity index (χ0) is 10.8. The summed E-state index contributed by atoms with van der Waals surface area (Å²) in [5.41, 5.74) is 1.21. The van der Waals surface area contributed by atoms with Crippen molar-refractivity contribution in [3.05, 3.63) is 16.4 Å². The molecule has 1 atom stereocenters. The quantitative estimate of drug-likeness (QED) is 0.847. The molecule has 0 bridgehead atoms. The fourth-order valence-electron chi connectivity index (χ4n) is 2.22. The molecule has 0 N–H and O–H groups in total. The second-order valence-corrected chi connectivity index (χ2v) is 4.93. The van der Waals surface area contributed by atoms with E-state index < -0.39 is 0 Å². The molecule has 1 fully saturated rings. The normalized spacial score (nSPS) is 21.2. The van der Waals surface area contributed by atoms with Crippen LogP contribution in [0.5, 0.6) is 0 Å². The number of hydrogen-bond donors (Lipinski definition) is 0. The van der Waals surface area contributed by atoms with E-state index in [9.17, 15) is 4.79 Å². The summed E-state index contributed by atoms with van der Waals surface area (Å²) in [7, 11) is 0. The van der Waals surface area contributed by atoms with Crippen molar-refractivity contribution in [2.45, 2.75) is 45.1 Å². The highest BCUT2D eigenvalue weighted by Gasteiger charge is 2.28. The maximum atomic E-state index is 11.3. The fourth-order valence-corrected chi connectivity index (χ4v) is 2.84. The minimum atomic E-state index is 0.376. The van der Waals surface area contributed by atoms with Gasteiger partial charge in [0.15, 0.2) is 0 Å². The van der Waals surface area contributed by atoms with Crippen LogP contribution in [0.3, 0.4) is 0 Å². The van der Waals surface area contributed by atoms with Gasteiger partial charge in [-0.05, 0) is 28.8 Å². The Morgan fingerprint density at radius 1 is 1.67 bits per heavy atom. The number of rotatable bonds is 3. The first-order chi connectivity index (χ1) is 7.22. The average Bonchev–Trinajstić information content (AvgIpc) is 2.74. The maximum Gasteiger partial charge on any atom is 0.133 e. The lowest BCUT2D eigenvalue weighted by atomic mass is 10.0. The summed E-state index contributed by atoms with van der Waals surface area (Å²) < 4.78 is 3.09. The molecule has 0 aromatic carbocycles. The first-order valence-electron chi connectivity index (χ1n) is 5.45. The topological polar surface area (TPSA) is 34.9 Å². The van der Waals surface area contributed by atoms with E-state index in [-0.39, 0.29) is 0 Å². The number of hydrogen-bond acceptors (Lipinski definition) is 2. The van der Waals surface area contributed by atoms with Crippen molar-refractivity contribution < 1.29 is 4.79 Å². The molecule has 2 rings (SSSR count). The Hall–Kier alpha value is -0.640. The van der Waals surface area contributed by atoms with E-state index in [4.69, 9.17) is 0 Å². The van der Waals surface area contributed by atoms with Gasteiger partial charge in [0, 0.05) is 25.3 Å². The first-order valence-corrected chi connectivity index (χ1v) is 6.24. The van der Waals surface area contributed by atoms with Crippen LogP contribution in [0.4, 0.5) is 0 Å². The van der Waals surface area contributed by atoms with E-state index in [1.807, 2.05) is 10.9 Å². The highest BCUT2D eigenvalue weighted by atomic mass is 79.9. The predicted molar refractivity (Wildman–Crippen MR) is 61.8 cm³/mol. The Morgan fingerprint density at radius 3 is 3.07 bits per heavy atom. The zero-order valence-corrected chi connectivity index (χ0v) is 10.5. The molecule has 4 heteroatoms. The van der Waals surface area contributed by atoms with Crippen molar-refractivity contribution >= 4 is 21.7 Å². The van der Waals surface area contributed by atoms with Gasteiger partial charge in [-0.15, -0.1) is 0 Å². The summed E-state index contributed by atoms with van der Waals surface area (Å²) in [5.74, 6) is 0.761. The number of aromatic nitrogens is 2. The van der Waals surface area contributed by atoms with E-state index in [0.29, 0.717) is 18.1 Å². The van der Waals surface area contributed by atoms with Crippen molar-refractivity contribution in [3.63, 3.8) is 0 Å². The molecule has 1 aliphatic carbocycles. The number of halogens is 1. The summed E-state index contributed by atoms with van der Waals surface area (Å²) in [4.78, 5) is 11.3. The van der Waals surface area contributed by atoms with Crippen molar-refractivity contribution in [2.75, 3.05) is 0 Å². The van der Waals surface area contributed by atoms with Gasteiger partial charge in [-0.3, -0.25) is 9.48 Å². The third-order valence-corrected chi connectivity index (χ3v) is 3.51. The summed E-state index contributed by atoms with van der Waals surface area (Å²) >= 11 is 3.52. The number of carbonyl (C=O) groups is 1. The van der Waals surface area contributed by atoms with Gasteiger partial charge in [0.05, 0.1) is 16.4 Å². The molecule has 0 aliphatic heterocycles. The van der Waals surface area contributed by atoms with Crippen LogP contribution >= 0.6 is 15.9 Å². The van der Waals surface area contributed by atoms with E-state index in [2.05, 4.69) is 28.0 Å². The fraction of sp³-hybridized carbons (Fsp3) is 0.636. The molecule has 82 valence electrons. The van der Waals surface area contributed by atoms with Crippen molar-refractivity contribution in [2.24, 2.45) is 0 Å². The van der Waals surface area contributed by atoms with Gasteiger partial charge >= 0.3 is 0 Å². The van der Waals surface area contributed by atoms with Crippen molar-refractivity contribution in [1.82, 2.24) is 9.78 Å². The Labute approximate surface area is 98.0 Å². The molecule has 0 spiro atoms. The highest BCUT2D eigenvalue weighted by Crippen LogP contribution is 2.36. The van der Waals surface area contributed by atoms with Crippen LogP contribution in [-0.4, -0.2) is 15.6 Å². The highest BCUT2D eigenvalue weighted by molar-refractivity contribution is 9.10. The molecule has 0 amide bonds. The van der Waals surface area contributed by atoms with E-state index >= 15 is 0 Å². The average molecular weight is 271 g/mol. The van der Waals surface area contributed by atoms with Crippen LogP contribution in [0, 0.1) is 0 Å². The lowest BCUT2D eigenvalue weighted by Gasteiger charge is -2.12. The predicted octanol–water partition coefficient (Wildman–Crippen LogP) is 2.89. The lowest BCUT2D eigenvalue weighted by Crippen LogP contribution is -2.08. The van der Waals surface area contributed by atoms with Crippen LogP contribution in [0.1, 0.15) is 44.2 Å². The summed E-state index contributed by atoms with van der Waals surface area (Å²) in [6.07, 6.45) is 5.31. The second kappa shape index (κ2) is 4.47. The van der Waals surface area contributed by atoms with Gasteiger partial charge in [-0.1, -0.05) is 6.92 Å². The van der Waals surface area contributed by atoms with Gasteiger partial charge in [-0.25, -0.2) is 0 Å². The molecule has 1 aromatic rings. The SMILES string of the molecule is CCCn1ncc(Br)c1C1CCC(=O)C1. The molecule has 1 unspecified atom stereocenters. The number of nitrogens with zero attached hydrogens (tertiary/aromatic N) is 2. The maximum absolute atomic E-state index is 11.3. The van der Waals surface area contributed by atoms with E-state index in [1.165, 1.54) is 5.69 Å². The Morgan fingerprint density at radius 2 is 2.47 bits per heavy atom. The molecule has 1 saturated carbocycles. The molecule has 3 nitrogen and oxygen atoms in total. The van der Waals surface area contributed by atoms with Gasteiger partial charge in [-0.2, -0.15) is 5.10 Å². The number of carbonyl (C=O) groups excluding carboxylic acids is 1. The van der Waals surface area contributed by atoms with Crippen LogP contribution < -0.4 is 0 Å². The monoisotopic (exact) mass is 270 g/mol. The third kappa shape index (κ3) is 2.14. The van der Waals surface area contributed by atoms with Crippen LogP contribution in [0.15, 0.2) is 10.7 Å². The zero-order valence-electron chi connectivity index (χ0n) is 8.87. The Bertz CT molecular complexity index is 373. The van der Waals surface area contributed by atoms with Gasteiger partial charge in [0.25, 0.3) is 0 Å². The number of aryl methyl sites for hydroxylation is 1. The first kappa shape index (κ1) is 10.9. The number of Topliss-reactive ketones (excluding diaryl/α,β-unsaturated/α-hetero) is 1. The molecular weight excluding hydrogens is 256 g/mol. The summed E-state index contributed by atoms with van der Waals surface area (Å²) in [6.45, 7) is 3.07. The second-order valence-electron chi connectivity index (χ2n) is 4.08. The molecule has 0 saturated heterocycles. The van der Waals surface area contributed by atoms with E-state index in [1.54, 1.807) is 0 Å². The Balaban J connectivity index is 2.25. The smallest absolute Gasteiger partial charge is 0.133 e. The minimum absolute atomic E-state index is 0.376. The van der Waals surface area contributed by atoms with Crippen LogP contribution in [0.2, 0.25) is 0 Å². The van der Waals surface area contributed by atoms with Crippen molar-refractivity contribution in [1.29, 1.82) is 0 Å². The van der Waals surface area contributed by atoms with Gasteiger partial charge in [0.2, 0.25) is 0 Å². The molecule has 1 aromatic heterocycles. The van der Waals surface area contributed by atoms with Gasteiger partial charge in [0.1, 0.15) is 5.78 Å². The molecule has 1 aliphatic rings. The standard InChI is InChI=1S/C11H15BrN2O/c1-2-5-14-11(10(12)7-13-14)8-3-4-9(15)6-8/h7-8H,2-6H2,1H3. The lowest BCUT2D eigenvalue weighted by molar-refractivity contribution is -0.117. The van der Waals surface area contributed by atoms with Crippen molar-refractivity contribution in [3.8, 4) is 0 Å². The minimum Gasteiger partial charge on any atom is -0.300 e. The van der Waals surface area contributed by atoms with Gasteiger partial charge < -0.3 is 0 Å². The van der Waals surface area contributed by atoms with Crippen LogP contribution in [-0.2, 0) is 11.3 Å². The molecule has 15 heavy (non-hydrogen) atoms. The largest absolute Gasteiger partial charge is 0.300 e. The number of ketones is 1. The van der Waals surface area contributed by atoms with E-state index in [0.717, 1.165) is 30.3 Å². The summed E-state index contributed by atoms with van der Waals surface area (Å²) in [6, 6.07) is 0. The summed E-state index contributed by atoms with van der Waals surface area (Å²) in [5, 5.41) is 4.33. The Kier molecular flexibility index (Phi) is 3.24. The molecular formula is C11H15BrN2O. The van der Waals surface area contributed by atoms with Crippen LogP contribution in [0.25, 0.3) is 0 Å².